The zero-order valence-corrected chi connectivity index (χ0v) is 9.86. The maximum Gasteiger partial charge on any atom is 0.0576 e. The molecule has 0 amide bonds. The van der Waals surface area contributed by atoms with E-state index in [0.29, 0.717) is 0 Å². The third-order valence-corrected chi connectivity index (χ3v) is 2.20. The van der Waals surface area contributed by atoms with Crippen LogP contribution >= 0.6 is 0 Å². The fraction of sp³-hybridized carbons (Fsp3) is 0.846. The lowest BCUT2D eigenvalue weighted by Crippen LogP contribution is -2.15. The average molecular weight is 195 g/mol. The first-order chi connectivity index (χ1) is 6.91. The summed E-state index contributed by atoms with van der Waals surface area (Å²) in [6.45, 7) is 6.44. The molecule has 0 aliphatic heterocycles. The molecule has 1 heteroatoms. The van der Waals surface area contributed by atoms with Crippen LogP contribution in [0.5, 0.6) is 0 Å². The van der Waals surface area contributed by atoms with E-state index in [9.17, 15) is 0 Å². The van der Waals surface area contributed by atoms with Gasteiger partial charge in [0.05, 0.1) is 6.54 Å². The molecular formula is C13H25N. The number of hydrogen-bond donors (Lipinski definition) is 1. The minimum Gasteiger partial charge on any atom is -0.306 e. The van der Waals surface area contributed by atoms with Crippen LogP contribution in [0.4, 0.5) is 0 Å². The summed E-state index contributed by atoms with van der Waals surface area (Å²) >= 11 is 0. The third kappa shape index (κ3) is 11.5. The molecule has 0 bridgehead atoms. The lowest BCUT2D eigenvalue weighted by molar-refractivity contribution is 0.623. The molecule has 0 saturated heterocycles. The number of unbranched alkanes of at least 4 members (excludes halogenated alkanes) is 5. The van der Waals surface area contributed by atoms with Crippen LogP contribution in [0.25, 0.3) is 0 Å². The van der Waals surface area contributed by atoms with Gasteiger partial charge >= 0.3 is 0 Å². The zero-order valence-electron chi connectivity index (χ0n) is 9.86. The molecule has 0 heterocycles. The van der Waals surface area contributed by atoms with Gasteiger partial charge in [-0.05, 0) is 19.4 Å². The lowest BCUT2D eigenvalue weighted by atomic mass is 10.2. The van der Waals surface area contributed by atoms with Gasteiger partial charge in [-0.15, -0.1) is 5.92 Å². The summed E-state index contributed by atoms with van der Waals surface area (Å²) in [5.74, 6) is 6.33. The minimum absolute atomic E-state index is 0.871. The van der Waals surface area contributed by atoms with Crippen molar-refractivity contribution in [3.05, 3.63) is 0 Å². The highest BCUT2D eigenvalue weighted by atomic mass is 14.8. The molecule has 1 nitrogen and oxygen atoms in total. The number of rotatable bonds is 8. The highest BCUT2D eigenvalue weighted by Crippen LogP contribution is 1.96. The van der Waals surface area contributed by atoms with Crippen molar-refractivity contribution < 1.29 is 0 Å². The predicted molar refractivity (Wildman–Crippen MR) is 64.3 cm³/mol. The molecule has 0 aromatic heterocycles. The van der Waals surface area contributed by atoms with Crippen LogP contribution in [0.2, 0.25) is 0 Å². The summed E-state index contributed by atoms with van der Waals surface area (Å²) in [6, 6.07) is 0. The highest BCUT2D eigenvalue weighted by molar-refractivity contribution is 5.00. The van der Waals surface area contributed by atoms with Crippen molar-refractivity contribution >= 4 is 0 Å². The quantitative estimate of drug-likeness (QED) is 0.462. The molecule has 0 aliphatic carbocycles. The van der Waals surface area contributed by atoms with Crippen LogP contribution in [0.1, 0.15) is 58.8 Å². The molecule has 0 fully saturated rings. The Morgan fingerprint density at radius 1 is 0.857 bits per heavy atom. The Kier molecular flexibility index (Phi) is 12.1. The summed E-state index contributed by atoms with van der Waals surface area (Å²) in [5.41, 5.74) is 0. The molecule has 0 radical (unpaired) electrons. The van der Waals surface area contributed by atoms with Crippen LogP contribution in [0.3, 0.4) is 0 Å². The molecule has 14 heavy (non-hydrogen) atoms. The van der Waals surface area contributed by atoms with Crippen molar-refractivity contribution in [2.24, 2.45) is 0 Å². The average Bonchev–Trinajstić information content (AvgIpc) is 2.21. The lowest BCUT2D eigenvalue weighted by Gasteiger charge is -1.99. The summed E-state index contributed by atoms with van der Waals surface area (Å²) in [7, 11) is 0. The number of hydrogen-bond acceptors (Lipinski definition) is 1. The van der Waals surface area contributed by atoms with E-state index in [1.54, 1.807) is 0 Å². The van der Waals surface area contributed by atoms with Gasteiger partial charge in [-0.2, -0.15) is 0 Å². The Morgan fingerprint density at radius 3 is 2.36 bits per heavy atom. The Hall–Kier alpha value is -0.480. The molecule has 0 spiro atoms. The molecule has 1 N–H and O–H groups in total. The van der Waals surface area contributed by atoms with E-state index in [0.717, 1.165) is 19.5 Å². The van der Waals surface area contributed by atoms with Gasteiger partial charge in [0.15, 0.2) is 0 Å². The van der Waals surface area contributed by atoms with E-state index < -0.39 is 0 Å². The molecule has 0 aromatic rings. The first kappa shape index (κ1) is 13.5. The molecule has 0 rings (SSSR count). The predicted octanol–water partition coefficient (Wildman–Crippen LogP) is 3.35. The van der Waals surface area contributed by atoms with Gasteiger partial charge < -0.3 is 5.32 Å². The second kappa shape index (κ2) is 12.5. The van der Waals surface area contributed by atoms with Crippen LogP contribution in [-0.2, 0) is 0 Å². The SMILES string of the molecule is CCCCC#CCNCCCCCC. The third-order valence-electron chi connectivity index (χ3n) is 2.20. The molecule has 82 valence electrons. The summed E-state index contributed by atoms with van der Waals surface area (Å²) < 4.78 is 0. The van der Waals surface area contributed by atoms with E-state index in [1.165, 1.54) is 38.5 Å². The van der Waals surface area contributed by atoms with Crippen molar-refractivity contribution in [1.29, 1.82) is 0 Å². The van der Waals surface area contributed by atoms with Gasteiger partial charge in [0.1, 0.15) is 0 Å². The standard InChI is InChI=1S/C13H25N/c1-3-5-7-9-11-13-14-12-10-8-6-4-2/h14H,3-8,10,12-13H2,1-2H3. The maximum atomic E-state index is 3.35. The van der Waals surface area contributed by atoms with Gasteiger partial charge in [0.25, 0.3) is 0 Å². The van der Waals surface area contributed by atoms with E-state index in [1.807, 2.05) is 0 Å². The second-order valence-corrected chi connectivity index (χ2v) is 3.69. The smallest absolute Gasteiger partial charge is 0.0576 e. The van der Waals surface area contributed by atoms with Crippen molar-refractivity contribution in [2.75, 3.05) is 13.1 Å². The monoisotopic (exact) mass is 195 g/mol. The second-order valence-electron chi connectivity index (χ2n) is 3.69. The molecule has 0 unspecified atom stereocenters. The van der Waals surface area contributed by atoms with Crippen molar-refractivity contribution in [2.45, 2.75) is 58.8 Å². The molecular weight excluding hydrogens is 170 g/mol. The van der Waals surface area contributed by atoms with Crippen molar-refractivity contribution in [3.63, 3.8) is 0 Å². The van der Waals surface area contributed by atoms with E-state index in [-0.39, 0.29) is 0 Å². The van der Waals surface area contributed by atoms with E-state index >= 15 is 0 Å². The van der Waals surface area contributed by atoms with Gasteiger partial charge in [0.2, 0.25) is 0 Å². The van der Waals surface area contributed by atoms with Gasteiger partial charge in [-0.1, -0.05) is 45.5 Å². The normalized spacial score (nSPS) is 9.57. The van der Waals surface area contributed by atoms with Crippen LogP contribution in [0.15, 0.2) is 0 Å². The highest BCUT2D eigenvalue weighted by Gasteiger charge is 1.85. The molecule has 0 saturated carbocycles. The summed E-state index contributed by atoms with van der Waals surface area (Å²) in [6.07, 6.45) is 8.88. The Labute approximate surface area is 89.7 Å². The van der Waals surface area contributed by atoms with Crippen LogP contribution in [-0.4, -0.2) is 13.1 Å². The molecule has 0 atom stereocenters. The Balaban J connectivity index is 2.99. The first-order valence-corrected chi connectivity index (χ1v) is 6.08. The largest absolute Gasteiger partial charge is 0.306 e. The molecule has 0 aliphatic rings. The van der Waals surface area contributed by atoms with Crippen molar-refractivity contribution in [3.8, 4) is 11.8 Å². The topological polar surface area (TPSA) is 12.0 Å². The Morgan fingerprint density at radius 2 is 1.64 bits per heavy atom. The summed E-state index contributed by atoms with van der Waals surface area (Å²) in [4.78, 5) is 0. The zero-order chi connectivity index (χ0) is 10.5. The van der Waals surface area contributed by atoms with Gasteiger partial charge in [-0.3, -0.25) is 0 Å². The maximum absolute atomic E-state index is 3.35. The van der Waals surface area contributed by atoms with E-state index in [2.05, 4.69) is 31.0 Å². The van der Waals surface area contributed by atoms with Gasteiger partial charge in [-0.25, -0.2) is 0 Å². The molecule has 0 aromatic carbocycles. The summed E-state index contributed by atoms with van der Waals surface area (Å²) in [5, 5.41) is 3.35. The minimum atomic E-state index is 0.871. The Bertz CT molecular complexity index is 152. The van der Waals surface area contributed by atoms with Crippen LogP contribution in [0, 0.1) is 11.8 Å². The fourth-order valence-electron chi connectivity index (χ4n) is 1.24. The van der Waals surface area contributed by atoms with Crippen LogP contribution < -0.4 is 5.32 Å². The fourth-order valence-corrected chi connectivity index (χ4v) is 1.24. The number of nitrogens with one attached hydrogen (secondary N) is 1. The van der Waals surface area contributed by atoms with Gasteiger partial charge in [0, 0.05) is 6.42 Å². The van der Waals surface area contributed by atoms with E-state index in [4.69, 9.17) is 0 Å². The first-order valence-electron chi connectivity index (χ1n) is 6.08. The van der Waals surface area contributed by atoms with Crippen molar-refractivity contribution in [1.82, 2.24) is 5.32 Å².